The van der Waals surface area contributed by atoms with Crippen molar-refractivity contribution in [2.75, 3.05) is 0 Å². The van der Waals surface area contributed by atoms with Gasteiger partial charge in [-0.1, -0.05) is 37.8 Å². The molecule has 1 fully saturated rings. The Balaban J connectivity index is 2.14. The van der Waals surface area contributed by atoms with Gasteiger partial charge in [0, 0.05) is 6.08 Å². The lowest BCUT2D eigenvalue weighted by atomic mass is 10.0. The molecule has 3 heteroatoms. The van der Waals surface area contributed by atoms with Gasteiger partial charge in [0.1, 0.15) is 0 Å². The lowest BCUT2D eigenvalue weighted by molar-refractivity contribution is -0.142. The summed E-state index contributed by atoms with van der Waals surface area (Å²) in [6.07, 6.45) is 11.7. The molecule has 0 amide bonds. The largest absolute Gasteiger partial charge is 0.460 e. The third-order valence-corrected chi connectivity index (χ3v) is 3.66. The fraction of sp³-hybridized carbons (Fsp3) is 0.688. The molecule has 1 N–H and O–H groups in total. The quantitative estimate of drug-likeness (QED) is 0.416. The average molecular weight is 266 g/mol. The summed E-state index contributed by atoms with van der Waals surface area (Å²) in [5, 5.41) is 9.33. The van der Waals surface area contributed by atoms with Crippen LogP contribution in [0.2, 0.25) is 0 Å². The number of esters is 1. The minimum atomic E-state index is -0.515. The van der Waals surface area contributed by atoms with Gasteiger partial charge in [0.25, 0.3) is 0 Å². The molecule has 1 rings (SSSR count). The second-order valence-corrected chi connectivity index (χ2v) is 5.42. The van der Waals surface area contributed by atoms with Crippen LogP contribution in [0.3, 0.4) is 0 Å². The third-order valence-electron chi connectivity index (χ3n) is 3.66. The molecule has 1 aliphatic carbocycles. The molecule has 0 radical (unpaired) electrons. The maximum atomic E-state index is 11.5. The highest BCUT2D eigenvalue weighted by atomic mass is 16.5. The van der Waals surface area contributed by atoms with Gasteiger partial charge in [-0.3, -0.25) is 0 Å². The minimum Gasteiger partial charge on any atom is -0.460 e. The van der Waals surface area contributed by atoms with E-state index in [-0.39, 0.29) is 12.1 Å². The minimum absolute atomic E-state index is 0.168. The number of rotatable bonds is 8. The van der Waals surface area contributed by atoms with Gasteiger partial charge < -0.3 is 9.84 Å². The first-order chi connectivity index (χ1) is 9.11. The number of carbonyl (C=O) groups excluding carboxylic acids is 1. The second kappa shape index (κ2) is 8.92. The fourth-order valence-corrected chi connectivity index (χ4v) is 2.42. The van der Waals surface area contributed by atoms with Gasteiger partial charge in [-0.15, -0.1) is 6.58 Å². The summed E-state index contributed by atoms with van der Waals surface area (Å²) in [5.41, 5.74) is 0. The van der Waals surface area contributed by atoms with Crippen LogP contribution in [0.1, 0.15) is 51.9 Å². The Morgan fingerprint density at radius 2 is 2.11 bits per heavy atom. The van der Waals surface area contributed by atoms with Crippen LogP contribution in [-0.2, 0) is 9.53 Å². The molecule has 0 aromatic rings. The number of hydrogen-bond donors (Lipinski definition) is 1. The summed E-state index contributed by atoms with van der Waals surface area (Å²) >= 11 is 0. The van der Waals surface area contributed by atoms with Crippen molar-refractivity contribution in [2.45, 2.75) is 64.1 Å². The summed E-state index contributed by atoms with van der Waals surface area (Å²) in [4.78, 5) is 11.5. The highest BCUT2D eigenvalue weighted by Crippen LogP contribution is 2.27. The maximum Gasteiger partial charge on any atom is 0.330 e. The third kappa shape index (κ3) is 7.16. The van der Waals surface area contributed by atoms with Crippen molar-refractivity contribution in [3.05, 3.63) is 24.8 Å². The van der Waals surface area contributed by atoms with E-state index in [1.165, 1.54) is 31.8 Å². The van der Waals surface area contributed by atoms with Crippen LogP contribution in [0.25, 0.3) is 0 Å². The molecule has 3 nitrogen and oxygen atoms in total. The van der Waals surface area contributed by atoms with Crippen molar-refractivity contribution in [1.82, 2.24) is 0 Å². The first-order valence-corrected chi connectivity index (χ1v) is 7.29. The Labute approximate surface area is 116 Å². The molecule has 0 bridgehead atoms. The molecular formula is C16H26O3. The van der Waals surface area contributed by atoms with E-state index in [2.05, 4.69) is 6.58 Å². The van der Waals surface area contributed by atoms with Gasteiger partial charge in [-0.05, 0) is 32.1 Å². The summed E-state index contributed by atoms with van der Waals surface area (Å²) in [6.45, 7) is 5.35. The van der Waals surface area contributed by atoms with Gasteiger partial charge in [-0.2, -0.15) is 0 Å². The van der Waals surface area contributed by atoms with E-state index < -0.39 is 6.10 Å². The molecule has 0 unspecified atom stereocenters. The van der Waals surface area contributed by atoms with Crippen LogP contribution in [-0.4, -0.2) is 23.3 Å². The summed E-state index contributed by atoms with van der Waals surface area (Å²) in [5.74, 6) is 0.475. The molecule has 0 aromatic carbocycles. The fourth-order valence-electron chi connectivity index (χ4n) is 2.42. The number of carbonyl (C=O) groups is 1. The highest BCUT2D eigenvalue weighted by Gasteiger charge is 2.13. The van der Waals surface area contributed by atoms with Crippen LogP contribution >= 0.6 is 0 Å². The lowest BCUT2D eigenvalue weighted by Crippen LogP contribution is -2.15. The Bertz CT molecular complexity index is 303. The Hall–Kier alpha value is -1.09. The molecule has 0 aliphatic heterocycles. The van der Waals surface area contributed by atoms with Crippen LogP contribution < -0.4 is 0 Å². The molecule has 0 saturated heterocycles. The lowest BCUT2D eigenvalue weighted by Gasteiger charge is -2.13. The highest BCUT2D eigenvalue weighted by molar-refractivity contribution is 5.81. The molecule has 19 heavy (non-hydrogen) atoms. The van der Waals surface area contributed by atoms with Crippen LogP contribution in [0, 0.1) is 5.92 Å². The Kier molecular flexibility index (Phi) is 7.49. The summed E-state index contributed by atoms with van der Waals surface area (Å²) in [6, 6.07) is 0. The van der Waals surface area contributed by atoms with Crippen LogP contribution in [0.15, 0.2) is 24.8 Å². The van der Waals surface area contributed by atoms with E-state index in [4.69, 9.17) is 4.74 Å². The monoisotopic (exact) mass is 266 g/mol. The predicted molar refractivity (Wildman–Crippen MR) is 76.7 cm³/mol. The van der Waals surface area contributed by atoms with Crippen molar-refractivity contribution in [3.8, 4) is 0 Å². The molecule has 2 atom stereocenters. The maximum absolute atomic E-state index is 11.5. The zero-order valence-corrected chi connectivity index (χ0v) is 11.9. The number of hydrogen-bond acceptors (Lipinski definition) is 3. The zero-order valence-electron chi connectivity index (χ0n) is 11.9. The molecule has 1 saturated carbocycles. The Morgan fingerprint density at radius 3 is 2.74 bits per heavy atom. The number of aliphatic hydroxyl groups excluding tert-OH is 1. The average Bonchev–Trinajstić information content (AvgIpc) is 2.89. The molecule has 108 valence electrons. The van der Waals surface area contributed by atoms with E-state index in [1.807, 2.05) is 13.0 Å². The van der Waals surface area contributed by atoms with E-state index in [9.17, 15) is 9.90 Å². The summed E-state index contributed by atoms with van der Waals surface area (Å²) < 4.78 is 5.24. The van der Waals surface area contributed by atoms with E-state index in [1.54, 1.807) is 6.08 Å². The van der Waals surface area contributed by atoms with Gasteiger partial charge in [0.2, 0.25) is 0 Å². The standard InChI is InChI=1S/C16H26O3/c1-3-15(17)12-11-13(2)19-16(18)10-6-9-14-7-4-5-8-14/h3,6,10,13-15,17H,1,4-5,7-9,11-12H2,2H3/b10-6+/t13-,15+/m0/s1. The first-order valence-electron chi connectivity index (χ1n) is 7.29. The van der Waals surface area contributed by atoms with Crippen molar-refractivity contribution in [1.29, 1.82) is 0 Å². The van der Waals surface area contributed by atoms with Crippen molar-refractivity contribution < 1.29 is 14.6 Å². The van der Waals surface area contributed by atoms with Gasteiger partial charge in [0.15, 0.2) is 0 Å². The van der Waals surface area contributed by atoms with Gasteiger partial charge >= 0.3 is 5.97 Å². The predicted octanol–water partition coefficient (Wildman–Crippen LogP) is 3.38. The van der Waals surface area contributed by atoms with Crippen molar-refractivity contribution >= 4 is 5.97 Å². The van der Waals surface area contributed by atoms with Crippen molar-refractivity contribution in [3.63, 3.8) is 0 Å². The normalized spacial score (nSPS) is 19.5. The van der Waals surface area contributed by atoms with Crippen LogP contribution in [0.5, 0.6) is 0 Å². The number of ether oxygens (including phenoxy) is 1. The zero-order chi connectivity index (χ0) is 14.1. The van der Waals surface area contributed by atoms with E-state index >= 15 is 0 Å². The topological polar surface area (TPSA) is 46.5 Å². The molecular weight excluding hydrogens is 240 g/mol. The van der Waals surface area contributed by atoms with E-state index in [0.29, 0.717) is 12.8 Å². The first kappa shape index (κ1) is 16.0. The summed E-state index contributed by atoms with van der Waals surface area (Å²) in [7, 11) is 0. The molecule has 0 heterocycles. The van der Waals surface area contributed by atoms with Crippen molar-refractivity contribution in [2.24, 2.45) is 5.92 Å². The number of allylic oxidation sites excluding steroid dienone is 1. The van der Waals surface area contributed by atoms with Gasteiger partial charge in [0.05, 0.1) is 12.2 Å². The molecule has 1 aliphatic rings. The molecule has 0 spiro atoms. The Morgan fingerprint density at radius 1 is 1.42 bits per heavy atom. The SMILES string of the molecule is C=C[C@@H](O)CC[C@H](C)OC(=O)/C=C/CC1CCCC1. The molecule has 0 aromatic heterocycles. The second-order valence-electron chi connectivity index (χ2n) is 5.42. The number of aliphatic hydroxyl groups is 1. The van der Waals surface area contributed by atoms with Gasteiger partial charge in [-0.25, -0.2) is 4.79 Å². The van der Waals surface area contributed by atoms with E-state index in [0.717, 1.165) is 12.3 Å². The smallest absolute Gasteiger partial charge is 0.330 e. The van der Waals surface area contributed by atoms with Crippen LogP contribution in [0.4, 0.5) is 0 Å².